The number of hydrogen-bond donors (Lipinski definition) is 3. The van der Waals surface area contributed by atoms with Crippen LogP contribution in [0, 0.1) is 5.92 Å². The molecule has 0 aliphatic heterocycles. The topological polar surface area (TPSA) is 115 Å². The fraction of sp³-hybridized carbons (Fsp3) is 0.238. The smallest absolute Gasteiger partial charge is 0.274 e. The molecule has 8 nitrogen and oxygen atoms in total. The molecule has 4 rings (SSSR count). The van der Waals surface area contributed by atoms with Gasteiger partial charge in [-0.1, -0.05) is 23.2 Å². The lowest BCUT2D eigenvalue weighted by atomic mass is 10.1. The van der Waals surface area contributed by atoms with Crippen molar-refractivity contribution in [1.82, 2.24) is 20.1 Å². The van der Waals surface area contributed by atoms with Gasteiger partial charge in [0.15, 0.2) is 5.82 Å². The summed E-state index contributed by atoms with van der Waals surface area (Å²) in [4.78, 5) is 30.3. The molecule has 32 heavy (non-hydrogen) atoms. The normalized spacial score (nSPS) is 14.1. The van der Waals surface area contributed by atoms with E-state index < -0.39 is 5.91 Å². The number of rotatable bonds is 6. The van der Waals surface area contributed by atoms with Crippen LogP contribution in [0.4, 0.5) is 11.5 Å². The molecule has 1 unspecified atom stereocenters. The van der Waals surface area contributed by atoms with Crippen LogP contribution in [0.5, 0.6) is 0 Å². The van der Waals surface area contributed by atoms with E-state index in [-0.39, 0.29) is 40.5 Å². The first-order valence-corrected chi connectivity index (χ1v) is 11.4. The Labute approximate surface area is 202 Å². The van der Waals surface area contributed by atoms with E-state index in [0.717, 1.165) is 12.8 Å². The molecule has 3 aromatic rings. The van der Waals surface area contributed by atoms with Crippen molar-refractivity contribution in [3.05, 3.63) is 62.3 Å². The first-order valence-electron chi connectivity index (χ1n) is 9.82. The van der Waals surface area contributed by atoms with Crippen LogP contribution >= 0.6 is 39.1 Å². The van der Waals surface area contributed by atoms with Crippen LogP contribution in [-0.4, -0.2) is 32.6 Å². The molecule has 166 valence electrons. The lowest BCUT2D eigenvalue weighted by Crippen LogP contribution is -2.34. The second kappa shape index (κ2) is 9.09. The van der Waals surface area contributed by atoms with E-state index in [1.54, 1.807) is 18.2 Å². The first-order chi connectivity index (χ1) is 15.2. The lowest BCUT2D eigenvalue weighted by molar-refractivity contribution is 0.0936. The Bertz CT molecular complexity index is 1210. The summed E-state index contributed by atoms with van der Waals surface area (Å²) in [6, 6.07) is 7.83. The number of carbonyl (C=O) groups is 2. The van der Waals surface area contributed by atoms with Gasteiger partial charge in [-0.15, -0.1) is 5.10 Å². The van der Waals surface area contributed by atoms with Gasteiger partial charge in [-0.05, 0) is 65.9 Å². The quantitative estimate of drug-likeness (QED) is 0.421. The molecule has 2 heterocycles. The highest BCUT2D eigenvalue weighted by atomic mass is 79.9. The van der Waals surface area contributed by atoms with E-state index in [1.165, 1.54) is 23.0 Å². The van der Waals surface area contributed by atoms with Crippen molar-refractivity contribution >= 4 is 62.5 Å². The summed E-state index contributed by atoms with van der Waals surface area (Å²) < 4.78 is 1.71. The SMILES string of the molecule is CC(NC(=O)c1cc(Cl)cc(Br)c1NC(=O)c1cc(N)nn1-c1ncccc1Cl)C1CC1. The molecule has 2 amide bonds. The van der Waals surface area contributed by atoms with Crippen molar-refractivity contribution in [1.29, 1.82) is 0 Å². The third-order valence-corrected chi connectivity index (χ3v) is 6.27. The molecule has 0 saturated heterocycles. The monoisotopic (exact) mass is 536 g/mol. The van der Waals surface area contributed by atoms with Crippen molar-refractivity contribution in [2.75, 3.05) is 11.1 Å². The molecule has 2 aromatic heterocycles. The maximum atomic E-state index is 13.2. The largest absolute Gasteiger partial charge is 0.382 e. The van der Waals surface area contributed by atoms with Gasteiger partial charge in [0, 0.05) is 27.8 Å². The van der Waals surface area contributed by atoms with E-state index >= 15 is 0 Å². The molecule has 0 bridgehead atoms. The van der Waals surface area contributed by atoms with Crippen molar-refractivity contribution in [3.63, 3.8) is 0 Å². The van der Waals surface area contributed by atoms with Gasteiger partial charge in [0.25, 0.3) is 11.8 Å². The predicted molar refractivity (Wildman–Crippen MR) is 128 cm³/mol. The second-order valence-corrected chi connectivity index (χ2v) is 9.24. The average molecular weight is 538 g/mol. The zero-order valence-electron chi connectivity index (χ0n) is 16.9. The van der Waals surface area contributed by atoms with Crippen LogP contribution in [0.15, 0.2) is 41.0 Å². The highest BCUT2D eigenvalue weighted by molar-refractivity contribution is 9.10. The molecular weight excluding hydrogens is 519 g/mol. The summed E-state index contributed by atoms with van der Waals surface area (Å²) in [6.45, 7) is 1.96. The minimum absolute atomic E-state index is 0.0244. The maximum absolute atomic E-state index is 13.2. The Morgan fingerprint density at radius 3 is 2.69 bits per heavy atom. The second-order valence-electron chi connectivity index (χ2n) is 7.54. The van der Waals surface area contributed by atoms with Gasteiger partial charge in [0.1, 0.15) is 11.5 Å². The van der Waals surface area contributed by atoms with E-state index in [2.05, 4.69) is 36.6 Å². The Morgan fingerprint density at radius 2 is 2.00 bits per heavy atom. The lowest BCUT2D eigenvalue weighted by Gasteiger charge is -2.17. The van der Waals surface area contributed by atoms with Crippen LogP contribution < -0.4 is 16.4 Å². The van der Waals surface area contributed by atoms with E-state index in [0.29, 0.717) is 20.4 Å². The summed E-state index contributed by atoms with van der Waals surface area (Å²) >= 11 is 15.8. The number of pyridine rings is 1. The number of nitrogen functional groups attached to an aromatic ring is 1. The van der Waals surface area contributed by atoms with Crippen LogP contribution in [0.2, 0.25) is 10.0 Å². The summed E-state index contributed by atoms with van der Waals surface area (Å²) in [5.74, 6) is -0.0438. The first kappa shape index (κ1) is 22.6. The van der Waals surface area contributed by atoms with Crippen LogP contribution in [0.25, 0.3) is 5.82 Å². The molecular formula is C21H19BrCl2N6O2. The summed E-state index contributed by atoms with van der Waals surface area (Å²) in [7, 11) is 0. The average Bonchev–Trinajstić information content (AvgIpc) is 3.52. The number of carbonyl (C=O) groups excluding carboxylic acids is 2. The van der Waals surface area contributed by atoms with Gasteiger partial charge in [0.05, 0.1) is 16.3 Å². The molecule has 1 atom stereocenters. The Balaban J connectivity index is 1.67. The molecule has 1 aromatic carbocycles. The highest BCUT2D eigenvalue weighted by Crippen LogP contribution is 2.34. The Hall–Kier alpha value is -2.62. The van der Waals surface area contributed by atoms with Crippen molar-refractivity contribution in [3.8, 4) is 5.82 Å². The molecule has 1 aliphatic rings. The molecule has 11 heteroatoms. The molecule has 0 radical (unpaired) electrons. The molecule has 1 saturated carbocycles. The number of benzene rings is 1. The number of anilines is 2. The minimum Gasteiger partial charge on any atom is -0.382 e. The number of nitrogens with one attached hydrogen (secondary N) is 2. The van der Waals surface area contributed by atoms with E-state index in [9.17, 15) is 9.59 Å². The molecule has 1 aliphatic carbocycles. The number of hydrogen-bond acceptors (Lipinski definition) is 5. The summed E-state index contributed by atoms with van der Waals surface area (Å²) in [6.07, 6.45) is 3.71. The number of amides is 2. The van der Waals surface area contributed by atoms with Crippen LogP contribution in [-0.2, 0) is 0 Å². The van der Waals surface area contributed by atoms with Gasteiger partial charge in [0.2, 0.25) is 0 Å². The van der Waals surface area contributed by atoms with E-state index in [4.69, 9.17) is 28.9 Å². The van der Waals surface area contributed by atoms with Gasteiger partial charge < -0.3 is 16.4 Å². The summed E-state index contributed by atoms with van der Waals surface area (Å²) in [5.41, 5.74) is 6.45. The minimum atomic E-state index is -0.553. The number of aromatic nitrogens is 3. The molecule has 0 spiro atoms. The zero-order valence-corrected chi connectivity index (χ0v) is 20.0. The summed E-state index contributed by atoms with van der Waals surface area (Å²) in [5, 5.41) is 10.5. The van der Waals surface area contributed by atoms with Gasteiger partial charge in [-0.25, -0.2) is 9.67 Å². The van der Waals surface area contributed by atoms with Gasteiger partial charge in [-0.3, -0.25) is 9.59 Å². The van der Waals surface area contributed by atoms with Gasteiger partial charge in [-0.2, -0.15) is 0 Å². The Morgan fingerprint density at radius 1 is 1.25 bits per heavy atom. The Kier molecular flexibility index (Phi) is 6.41. The van der Waals surface area contributed by atoms with Gasteiger partial charge >= 0.3 is 0 Å². The number of halogens is 3. The highest BCUT2D eigenvalue weighted by Gasteiger charge is 2.30. The zero-order chi connectivity index (χ0) is 23.0. The number of nitrogens with two attached hydrogens (primary N) is 1. The van der Waals surface area contributed by atoms with Crippen LogP contribution in [0.3, 0.4) is 0 Å². The maximum Gasteiger partial charge on any atom is 0.274 e. The third kappa shape index (κ3) is 4.74. The third-order valence-electron chi connectivity index (χ3n) is 5.13. The van der Waals surface area contributed by atoms with Crippen LogP contribution in [0.1, 0.15) is 40.6 Å². The standard InChI is InChI=1S/C21H19BrCl2N6O2/c1-10(11-4-5-11)27-20(31)13-7-12(23)8-14(22)18(13)28-21(32)16-9-17(25)29-30(16)19-15(24)3-2-6-26-19/h2-3,6-11H,4-5H2,1H3,(H2,25,29)(H,27,31)(H,28,32). The van der Waals surface area contributed by atoms with Crippen molar-refractivity contribution < 1.29 is 9.59 Å². The van der Waals surface area contributed by atoms with Crippen molar-refractivity contribution in [2.24, 2.45) is 5.92 Å². The molecule has 1 fully saturated rings. The predicted octanol–water partition coefficient (Wildman–Crippen LogP) is 4.70. The van der Waals surface area contributed by atoms with E-state index in [1.807, 2.05) is 6.92 Å². The molecule has 4 N–H and O–H groups in total. The number of nitrogens with zero attached hydrogens (tertiary/aromatic N) is 3. The fourth-order valence-electron chi connectivity index (χ4n) is 3.31. The van der Waals surface area contributed by atoms with Crippen molar-refractivity contribution in [2.45, 2.75) is 25.8 Å². The fourth-order valence-corrected chi connectivity index (χ4v) is 4.42.